The molecule has 3 heterocycles. The number of hydrogen-bond acceptors (Lipinski definition) is 10. The van der Waals surface area contributed by atoms with Gasteiger partial charge < -0.3 is 33.5 Å². The third-order valence-electron chi connectivity index (χ3n) is 7.62. The summed E-state index contributed by atoms with van der Waals surface area (Å²) in [6, 6.07) is 24.1. The SMILES string of the molecule is CCNC(=O)c1noc(-c2cc(C(C)C)c(OCc3ccccc3)cc2OCc2ccccc2)c1-c1noc(N2CCOCC2)n1. The first-order valence-electron chi connectivity index (χ1n) is 15.5. The van der Waals surface area contributed by atoms with Crippen LogP contribution in [0, 0.1) is 0 Å². The van der Waals surface area contributed by atoms with Crippen molar-refractivity contribution in [1.82, 2.24) is 20.6 Å². The summed E-state index contributed by atoms with van der Waals surface area (Å²) in [5.74, 6) is 1.32. The smallest absolute Gasteiger partial charge is 0.324 e. The van der Waals surface area contributed by atoms with Crippen LogP contribution in [0.5, 0.6) is 11.5 Å². The first kappa shape index (κ1) is 30.8. The topological polar surface area (TPSA) is 125 Å². The monoisotopic (exact) mass is 623 g/mol. The predicted molar refractivity (Wildman–Crippen MR) is 172 cm³/mol. The van der Waals surface area contributed by atoms with Crippen LogP contribution in [0.25, 0.3) is 22.7 Å². The second kappa shape index (κ2) is 14.3. The van der Waals surface area contributed by atoms with Gasteiger partial charge in [-0.15, -0.1) is 0 Å². The Bertz CT molecular complexity index is 1750. The van der Waals surface area contributed by atoms with Crippen LogP contribution in [0.1, 0.15) is 53.9 Å². The molecule has 2 aromatic heterocycles. The summed E-state index contributed by atoms with van der Waals surface area (Å²) in [5, 5.41) is 11.3. The number of ether oxygens (including phenoxy) is 3. The summed E-state index contributed by atoms with van der Waals surface area (Å²) >= 11 is 0. The molecular formula is C35H37N5O6. The molecule has 46 heavy (non-hydrogen) atoms. The lowest BCUT2D eigenvalue weighted by atomic mass is 9.96. The zero-order valence-corrected chi connectivity index (χ0v) is 26.2. The summed E-state index contributed by atoms with van der Waals surface area (Å²) in [6.45, 7) is 9.44. The fourth-order valence-electron chi connectivity index (χ4n) is 5.20. The van der Waals surface area contributed by atoms with E-state index < -0.39 is 5.91 Å². The van der Waals surface area contributed by atoms with Crippen LogP contribution in [0.3, 0.4) is 0 Å². The van der Waals surface area contributed by atoms with Crippen molar-refractivity contribution in [3.05, 3.63) is 95.2 Å². The maximum atomic E-state index is 13.2. The molecule has 1 saturated heterocycles. The molecule has 11 heteroatoms. The Morgan fingerprint density at radius 2 is 1.54 bits per heavy atom. The Kier molecular flexibility index (Phi) is 9.59. The van der Waals surface area contributed by atoms with Crippen molar-refractivity contribution in [2.45, 2.75) is 39.9 Å². The van der Waals surface area contributed by atoms with Gasteiger partial charge in [0.25, 0.3) is 5.91 Å². The lowest BCUT2D eigenvalue weighted by Crippen LogP contribution is -2.36. The molecule has 1 aliphatic rings. The molecule has 3 aromatic carbocycles. The number of hydrogen-bond donors (Lipinski definition) is 1. The molecular weight excluding hydrogens is 586 g/mol. The fraction of sp³-hybridized carbons (Fsp3) is 0.314. The third kappa shape index (κ3) is 6.89. The van der Waals surface area contributed by atoms with Crippen molar-refractivity contribution in [3.8, 4) is 34.2 Å². The number of carbonyl (C=O) groups excluding carboxylic acids is 1. The minimum atomic E-state index is -0.413. The van der Waals surface area contributed by atoms with Gasteiger partial charge in [0.15, 0.2) is 11.5 Å². The van der Waals surface area contributed by atoms with E-state index in [2.05, 4.69) is 34.5 Å². The molecule has 0 aliphatic carbocycles. The molecule has 1 amide bonds. The van der Waals surface area contributed by atoms with Gasteiger partial charge in [-0.3, -0.25) is 4.79 Å². The van der Waals surface area contributed by atoms with Crippen molar-refractivity contribution in [2.75, 3.05) is 37.7 Å². The van der Waals surface area contributed by atoms with Crippen molar-refractivity contribution in [3.63, 3.8) is 0 Å². The minimum Gasteiger partial charge on any atom is -0.488 e. The van der Waals surface area contributed by atoms with Crippen molar-refractivity contribution in [2.24, 2.45) is 0 Å². The van der Waals surface area contributed by atoms with E-state index in [0.717, 1.165) is 16.7 Å². The van der Waals surface area contributed by atoms with E-state index in [-0.39, 0.29) is 23.2 Å². The van der Waals surface area contributed by atoms with Gasteiger partial charge in [0.1, 0.15) is 30.3 Å². The largest absolute Gasteiger partial charge is 0.488 e. The van der Waals surface area contributed by atoms with Gasteiger partial charge in [-0.25, -0.2) is 0 Å². The van der Waals surface area contributed by atoms with Gasteiger partial charge in [0.05, 0.1) is 18.8 Å². The normalized spacial score (nSPS) is 13.2. The van der Waals surface area contributed by atoms with Crippen LogP contribution in [0.15, 0.2) is 81.8 Å². The molecule has 0 saturated carbocycles. The van der Waals surface area contributed by atoms with Gasteiger partial charge in [-0.2, -0.15) is 4.98 Å². The Labute approximate surface area is 267 Å². The Morgan fingerprint density at radius 1 is 0.891 bits per heavy atom. The molecule has 1 aliphatic heterocycles. The van der Waals surface area contributed by atoms with E-state index >= 15 is 0 Å². The zero-order chi connectivity index (χ0) is 31.9. The van der Waals surface area contributed by atoms with Crippen molar-refractivity contribution >= 4 is 11.9 Å². The van der Waals surface area contributed by atoms with E-state index in [1.165, 1.54) is 0 Å². The molecule has 0 unspecified atom stereocenters. The maximum absolute atomic E-state index is 13.2. The maximum Gasteiger partial charge on any atom is 0.324 e. The number of rotatable bonds is 12. The number of carbonyl (C=O) groups is 1. The lowest BCUT2D eigenvalue weighted by molar-refractivity contribution is 0.0947. The third-order valence-corrected chi connectivity index (χ3v) is 7.62. The van der Waals surface area contributed by atoms with E-state index in [0.29, 0.717) is 74.7 Å². The number of morpholine rings is 1. The summed E-state index contributed by atoms with van der Waals surface area (Å²) in [7, 11) is 0. The van der Waals surface area contributed by atoms with Gasteiger partial charge in [0.2, 0.25) is 5.82 Å². The zero-order valence-electron chi connectivity index (χ0n) is 26.2. The van der Waals surface area contributed by atoms with E-state index in [1.54, 1.807) is 0 Å². The number of anilines is 1. The predicted octanol–water partition coefficient (Wildman–Crippen LogP) is 6.26. The van der Waals surface area contributed by atoms with Crippen LogP contribution in [-0.4, -0.2) is 54.1 Å². The van der Waals surface area contributed by atoms with Gasteiger partial charge in [0, 0.05) is 25.7 Å². The van der Waals surface area contributed by atoms with Crippen molar-refractivity contribution < 1.29 is 28.1 Å². The average Bonchev–Trinajstić information content (AvgIpc) is 3.76. The minimum absolute atomic E-state index is 0.0516. The van der Waals surface area contributed by atoms with Gasteiger partial charge >= 0.3 is 6.01 Å². The summed E-state index contributed by atoms with van der Waals surface area (Å²) in [5.41, 5.74) is 3.92. The number of amides is 1. The van der Waals surface area contributed by atoms with Crippen LogP contribution in [0.4, 0.5) is 6.01 Å². The molecule has 238 valence electrons. The number of nitrogens with one attached hydrogen (secondary N) is 1. The average molecular weight is 624 g/mol. The molecule has 1 fully saturated rings. The molecule has 11 nitrogen and oxygen atoms in total. The first-order chi connectivity index (χ1) is 22.5. The number of nitrogens with zero attached hydrogens (tertiary/aromatic N) is 4. The second-order valence-electron chi connectivity index (χ2n) is 11.2. The second-order valence-corrected chi connectivity index (χ2v) is 11.2. The van der Waals surface area contributed by atoms with Crippen LogP contribution >= 0.6 is 0 Å². The van der Waals surface area contributed by atoms with Gasteiger partial charge in [-0.1, -0.05) is 84.8 Å². The fourth-order valence-corrected chi connectivity index (χ4v) is 5.20. The van der Waals surface area contributed by atoms with Crippen LogP contribution in [0.2, 0.25) is 0 Å². The Hall–Kier alpha value is -5.16. The highest BCUT2D eigenvalue weighted by atomic mass is 16.5. The van der Waals surface area contributed by atoms with Gasteiger partial charge in [-0.05, 0) is 35.6 Å². The number of benzene rings is 3. The molecule has 5 aromatic rings. The standard InChI is InChI=1S/C35H37N5O6/c1-4-36-34(41)31-30(33-37-35(46-39-33)40-15-17-42-18-16-40)32(45-38-31)27-19-26(23(2)3)28(43-21-24-11-7-5-8-12-24)20-29(27)44-22-25-13-9-6-10-14-25/h5-14,19-20,23H,4,15-18,21-22H2,1-3H3,(H,36,41). The lowest BCUT2D eigenvalue weighted by Gasteiger charge is -2.24. The molecule has 0 atom stereocenters. The summed E-state index contributed by atoms with van der Waals surface area (Å²) in [4.78, 5) is 19.9. The highest BCUT2D eigenvalue weighted by Gasteiger charge is 2.31. The Balaban J connectivity index is 1.46. The summed E-state index contributed by atoms with van der Waals surface area (Å²) < 4.78 is 29.9. The quantitative estimate of drug-likeness (QED) is 0.170. The number of aromatic nitrogens is 3. The van der Waals surface area contributed by atoms with Crippen molar-refractivity contribution in [1.29, 1.82) is 0 Å². The highest BCUT2D eigenvalue weighted by molar-refractivity contribution is 6.01. The Morgan fingerprint density at radius 3 is 2.17 bits per heavy atom. The summed E-state index contributed by atoms with van der Waals surface area (Å²) in [6.07, 6.45) is 0. The van der Waals surface area contributed by atoms with Crippen LogP contribution in [-0.2, 0) is 18.0 Å². The highest BCUT2D eigenvalue weighted by Crippen LogP contribution is 2.44. The first-order valence-corrected chi connectivity index (χ1v) is 15.5. The molecule has 0 radical (unpaired) electrons. The molecule has 6 rings (SSSR count). The van der Waals surface area contributed by atoms with E-state index in [4.69, 9.17) is 23.3 Å². The molecule has 1 N–H and O–H groups in total. The van der Waals surface area contributed by atoms with Crippen LogP contribution < -0.4 is 19.7 Å². The molecule has 0 bridgehead atoms. The molecule has 0 spiro atoms. The van der Waals surface area contributed by atoms with E-state index in [1.807, 2.05) is 84.6 Å². The van der Waals surface area contributed by atoms with E-state index in [9.17, 15) is 4.79 Å².